The van der Waals surface area contributed by atoms with Crippen LogP contribution in [0.15, 0.2) is 55.0 Å². The Morgan fingerprint density at radius 3 is 2.39 bits per heavy atom. The summed E-state index contributed by atoms with van der Waals surface area (Å²) in [5.74, 6) is -1.13. The summed E-state index contributed by atoms with van der Waals surface area (Å²) in [5.41, 5.74) is 3.83. The number of nitrogens with one attached hydrogen (secondary N) is 1. The van der Waals surface area contributed by atoms with Gasteiger partial charge in [0, 0.05) is 74.2 Å². The molecule has 254 valence electrons. The minimum atomic E-state index is -0.947. The van der Waals surface area contributed by atoms with Crippen LogP contribution in [0.4, 0.5) is 5.69 Å². The number of anilines is 1. The Morgan fingerprint density at radius 1 is 0.776 bits per heavy atom. The fraction of sp³-hybridized carbons (Fsp3) is 0.459. The number of nitrogens with zero attached hydrogens (tertiary/aromatic N) is 7. The summed E-state index contributed by atoms with van der Waals surface area (Å²) in [4.78, 5) is 67.8. The number of aryl methyl sites for hydroxylation is 1. The summed E-state index contributed by atoms with van der Waals surface area (Å²) in [7, 11) is 0. The van der Waals surface area contributed by atoms with Gasteiger partial charge in [0.1, 0.15) is 11.7 Å². The molecule has 3 fully saturated rings. The van der Waals surface area contributed by atoms with Gasteiger partial charge in [0.15, 0.2) is 0 Å². The molecule has 12 nitrogen and oxygen atoms in total. The van der Waals surface area contributed by atoms with E-state index in [1.807, 2.05) is 30.7 Å². The van der Waals surface area contributed by atoms with Gasteiger partial charge in [-0.2, -0.15) is 0 Å². The van der Waals surface area contributed by atoms with Crippen molar-refractivity contribution < 1.29 is 19.2 Å². The largest absolute Gasteiger partial charge is 0.369 e. The van der Waals surface area contributed by atoms with E-state index in [9.17, 15) is 19.2 Å². The van der Waals surface area contributed by atoms with Crippen LogP contribution in [0, 0.1) is 5.92 Å². The Balaban J connectivity index is 0.778. The molecule has 1 unspecified atom stereocenters. The molecule has 8 rings (SSSR count). The highest BCUT2D eigenvalue weighted by atomic mass is 16.2. The van der Waals surface area contributed by atoms with Gasteiger partial charge in [0.05, 0.1) is 16.6 Å². The average molecular weight is 663 g/mol. The van der Waals surface area contributed by atoms with Gasteiger partial charge in [-0.15, -0.1) is 0 Å². The highest BCUT2D eigenvalue weighted by Gasteiger charge is 2.44. The second-order valence-corrected chi connectivity index (χ2v) is 13.9. The molecule has 3 aromatic heterocycles. The number of amides is 4. The van der Waals surface area contributed by atoms with Crippen molar-refractivity contribution in [3.8, 4) is 0 Å². The number of carbonyl (C=O) groups is 4. The zero-order valence-corrected chi connectivity index (χ0v) is 27.7. The third-order valence-electron chi connectivity index (χ3n) is 11.0. The Labute approximate surface area is 285 Å². The molecule has 1 aromatic carbocycles. The Bertz CT molecular complexity index is 1870. The smallest absolute Gasteiger partial charge is 0.262 e. The zero-order valence-electron chi connectivity index (χ0n) is 27.7. The molecule has 7 heterocycles. The van der Waals surface area contributed by atoms with Crippen LogP contribution in [0.1, 0.15) is 59.2 Å². The van der Waals surface area contributed by atoms with Crippen molar-refractivity contribution in [1.82, 2.24) is 34.6 Å². The van der Waals surface area contributed by atoms with Crippen LogP contribution in [0.5, 0.6) is 0 Å². The van der Waals surface area contributed by atoms with Crippen LogP contribution in [0.3, 0.4) is 0 Å². The van der Waals surface area contributed by atoms with Gasteiger partial charge >= 0.3 is 0 Å². The standard InChI is InChI=1S/C37H42N8O4/c46-33-7-6-32(35(47)40-33)45-36(48)28-5-4-26(23-29(28)37(45)49)43-21-19-42(20-22-43)18-11-25-9-16-41(17-10-25)14-2-15-44-31-8-13-38-24-30(31)27-3-1-12-39-34(27)44/h1,3-5,8,12-13,23-25,32H,2,6-7,9-11,14-22H2,(H,40,46,47). The van der Waals surface area contributed by atoms with Crippen LogP contribution in [0.2, 0.25) is 0 Å². The number of carbonyl (C=O) groups excluding carboxylic acids is 4. The monoisotopic (exact) mass is 662 g/mol. The van der Waals surface area contributed by atoms with Gasteiger partial charge in [-0.3, -0.25) is 39.3 Å². The predicted octanol–water partition coefficient (Wildman–Crippen LogP) is 3.30. The molecule has 49 heavy (non-hydrogen) atoms. The number of piperazine rings is 1. The summed E-state index contributed by atoms with van der Waals surface area (Å²) in [6.45, 7) is 9.11. The maximum atomic E-state index is 13.3. The van der Waals surface area contributed by atoms with Crippen LogP contribution < -0.4 is 10.2 Å². The lowest BCUT2D eigenvalue weighted by molar-refractivity contribution is -0.136. The Kier molecular flexibility index (Phi) is 8.58. The first kappa shape index (κ1) is 31.6. The minimum Gasteiger partial charge on any atom is -0.369 e. The van der Waals surface area contributed by atoms with Gasteiger partial charge in [-0.1, -0.05) is 0 Å². The molecule has 4 amide bonds. The molecule has 4 aromatic rings. The third kappa shape index (κ3) is 6.08. The van der Waals surface area contributed by atoms with E-state index < -0.39 is 23.8 Å². The first-order valence-electron chi connectivity index (χ1n) is 17.7. The molecule has 4 aliphatic heterocycles. The lowest BCUT2D eigenvalue weighted by Crippen LogP contribution is -2.54. The number of piperidine rings is 2. The molecule has 4 aliphatic rings. The van der Waals surface area contributed by atoms with Crippen molar-refractivity contribution in [2.75, 3.05) is 57.3 Å². The molecule has 1 N–H and O–H groups in total. The van der Waals surface area contributed by atoms with E-state index >= 15 is 0 Å². The van der Waals surface area contributed by atoms with Gasteiger partial charge in [-0.25, -0.2) is 4.98 Å². The van der Waals surface area contributed by atoms with Crippen molar-refractivity contribution in [1.29, 1.82) is 0 Å². The number of hydrogen-bond acceptors (Lipinski definition) is 9. The Hall–Kier alpha value is -4.68. The van der Waals surface area contributed by atoms with Gasteiger partial charge < -0.3 is 14.4 Å². The minimum absolute atomic E-state index is 0.112. The number of likely N-dealkylation sites (tertiary alicyclic amines) is 1. The van der Waals surface area contributed by atoms with Crippen molar-refractivity contribution >= 4 is 51.3 Å². The number of rotatable bonds is 9. The van der Waals surface area contributed by atoms with E-state index in [4.69, 9.17) is 0 Å². The topological polar surface area (TPSA) is 124 Å². The number of pyridine rings is 2. The van der Waals surface area contributed by atoms with Crippen molar-refractivity contribution in [2.45, 2.75) is 51.1 Å². The van der Waals surface area contributed by atoms with Crippen molar-refractivity contribution in [3.63, 3.8) is 0 Å². The van der Waals surface area contributed by atoms with E-state index in [1.54, 1.807) is 12.1 Å². The van der Waals surface area contributed by atoms with Crippen LogP contribution in [-0.2, 0) is 16.1 Å². The first-order valence-corrected chi connectivity index (χ1v) is 17.7. The molecular formula is C37H42N8O4. The van der Waals surface area contributed by atoms with E-state index in [1.165, 1.54) is 35.6 Å². The summed E-state index contributed by atoms with van der Waals surface area (Å²) < 4.78 is 2.35. The lowest BCUT2D eigenvalue weighted by Gasteiger charge is -2.37. The number of fused-ring (bicyclic) bond motifs is 4. The van der Waals surface area contributed by atoms with Crippen molar-refractivity contribution in [2.24, 2.45) is 5.92 Å². The van der Waals surface area contributed by atoms with Crippen LogP contribution >= 0.6 is 0 Å². The summed E-state index contributed by atoms with van der Waals surface area (Å²) in [6, 6.07) is 10.7. The highest BCUT2D eigenvalue weighted by Crippen LogP contribution is 2.32. The molecule has 0 saturated carbocycles. The number of imide groups is 2. The molecule has 0 aliphatic carbocycles. The average Bonchev–Trinajstić information content (AvgIpc) is 3.58. The second kappa shape index (κ2) is 13.3. The first-order chi connectivity index (χ1) is 23.9. The van der Waals surface area contributed by atoms with E-state index in [2.05, 4.69) is 46.7 Å². The number of hydrogen-bond donors (Lipinski definition) is 1. The zero-order chi connectivity index (χ0) is 33.5. The van der Waals surface area contributed by atoms with Gasteiger partial charge in [-0.05, 0) is 101 Å². The SMILES string of the molecule is O=C1CCC(N2C(=O)c3ccc(N4CCN(CCC5CCN(CCCn6c7ccncc7c7cccnc76)CC5)CC4)cc3C2=O)C(=O)N1. The molecule has 1 atom stereocenters. The molecule has 0 bridgehead atoms. The number of aromatic nitrogens is 3. The lowest BCUT2D eigenvalue weighted by atomic mass is 9.93. The van der Waals surface area contributed by atoms with E-state index in [-0.39, 0.29) is 18.7 Å². The quantitative estimate of drug-likeness (QED) is 0.269. The maximum absolute atomic E-state index is 13.3. The molecule has 0 spiro atoms. The van der Waals surface area contributed by atoms with E-state index in [0.29, 0.717) is 11.1 Å². The van der Waals surface area contributed by atoms with Gasteiger partial charge in [0.2, 0.25) is 11.8 Å². The van der Waals surface area contributed by atoms with Crippen LogP contribution in [-0.4, -0.2) is 111 Å². The molecule has 3 saturated heterocycles. The highest BCUT2D eigenvalue weighted by molar-refractivity contribution is 6.23. The summed E-state index contributed by atoms with van der Waals surface area (Å²) in [6.07, 6.45) is 10.8. The normalized spacial score (nSPS) is 21.3. The fourth-order valence-electron chi connectivity index (χ4n) is 8.19. The molecule has 0 radical (unpaired) electrons. The predicted molar refractivity (Wildman–Crippen MR) is 185 cm³/mol. The number of benzene rings is 1. The Morgan fingerprint density at radius 2 is 1.57 bits per heavy atom. The molecule has 12 heteroatoms. The maximum Gasteiger partial charge on any atom is 0.262 e. The summed E-state index contributed by atoms with van der Waals surface area (Å²) >= 11 is 0. The van der Waals surface area contributed by atoms with Gasteiger partial charge in [0.25, 0.3) is 11.8 Å². The van der Waals surface area contributed by atoms with E-state index in [0.717, 1.165) is 87.5 Å². The van der Waals surface area contributed by atoms with Crippen LogP contribution in [0.25, 0.3) is 21.9 Å². The fourth-order valence-corrected chi connectivity index (χ4v) is 8.19. The third-order valence-corrected chi connectivity index (χ3v) is 11.0. The second-order valence-electron chi connectivity index (χ2n) is 13.9. The van der Waals surface area contributed by atoms with Crippen molar-refractivity contribution in [3.05, 3.63) is 66.1 Å². The molecular weight excluding hydrogens is 620 g/mol. The summed E-state index contributed by atoms with van der Waals surface area (Å²) in [5, 5.41) is 4.60.